The molecule has 1 heterocycles. The van der Waals surface area contributed by atoms with E-state index in [4.69, 9.17) is 21.3 Å². The number of pyridine rings is 1. The second-order valence-electron chi connectivity index (χ2n) is 4.43. The van der Waals surface area contributed by atoms with Crippen LogP contribution in [0, 0.1) is 0 Å². The van der Waals surface area contributed by atoms with Gasteiger partial charge in [0.05, 0.1) is 17.1 Å². The van der Waals surface area contributed by atoms with Gasteiger partial charge in [-0.05, 0) is 12.1 Å². The summed E-state index contributed by atoms with van der Waals surface area (Å²) in [7, 11) is 0. The lowest BCUT2D eigenvalue weighted by molar-refractivity contribution is 0.347. The molecule has 0 aliphatic carbocycles. The lowest BCUT2D eigenvalue weighted by atomic mass is 10.1. The Hall–Kier alpha value is -2.06. The molecule has 0 radical (unpaired) electrons. The molecule has 0 aliphatic heterocycles. The third kappa shape index (κ3) is 2.61. The summed E-state index contributed by atoms with van der Waals surface area (Å²) >= 11 is 5.72. The summed E-state index contributed by atoms with van der Waals surface area (Å²) in [5, 5.41) is 1.01. The Balaban J connectivity index is 2.14. The fourth-order valence-corrected chi connectivity index (χ4v) is 2.25. The Morgan fingerprint density at radius 1 is 0.950 bits per heavy atom. The van der Waals surface area contributed by atoms with Crippen LogP contribution in [0.3, 0.4) is 0 Å². The van der Waals surface area contributed by atoms with Gasteiger partial charge < -0.3 is 4.74 Å². The first kappa shape index (κ1) is 12.9. The third-order valence-electron chi connectivity index (χ3n) is 3.08. The molecule has 2 nitrogen and oxygen atoms in total. The summed E-state index contributed by atoms with van der Waals surface area (Å²) in [6.45, 7) is 0.490. The minimum Gasteiger partial charge on any atom is -0.492 e. The molecule has 3 rings (SSSR count). The molecule has 3 aromatic rings. The van der Waals surface area contributed by atoms with Crippen LogP contribution in [0.15, 0.2) is 60.7 Å². The Morgan fingerprint density at radius 3 is 2.50 bits per heavy atom. The highest BCUT2D eigenvalue weighted by Crippen LogP contribution is 2.29. The van der Waals surface area contributed by atoms with Crippen molar-refractivity contribution >= 4 is 22.5 Å². The Bertz CT molecular complexity index is 713. The number of ether oxygens (including phenoxy) is 1. The van der Waals surface area contributed by atoms with Crippen LogP contribution in [0.2, 0.25) is 0 Å². The van der Waals surface area contributed by atoms with Gasteiger partial charge in [0, 0.05) is 17.0 Å². The van der Waals surface area contributed by atoms with Crippen LogP contribution in [-0.4, -0.2) is 17.5 Å². The van der Waals surface area contributed by atoms with Crippen LogP contribution in [0.25, 0.3) is 22.2 Å². The van der Waals surface area contributed by atoms with E-state index < -0.39 is 0 Å². The number of rotatable bonds is 4. The second kappa shape index (κ2) is 5.93. The van der Waals surface area contributed by atoms with Crippen molar-refractivity contribution < 1.29 is 4.74 Å². The molecule has 0 aliphatic rings. The first-order valence-corrected chi connectivity index (χ1v) is 7.06. The van der Waals surface area contributed by atoms with E-state index >= 15 is 0 Å². The molecule has 0 fully saturated rings. The highest BCUT2D eigenvalue weighted by molar-refractivity contribution is 6.18. The van der Waals surface area contributed by atoms with Crippen molar-refractivity contribution in [3.63, 3.8) is 0 Å². The van der Waals surface area contributed by atoms with Gasteiger partial charge in [-0.2, -0.15) is 0 Å². The maximum atomic E-state index is 5.76. The van der Waals surface area contributed by atoms with Crippen molar-refractivity contribution in [1.82, 2.24) is 4.98 Å². The summed E-state index contributed by atoms with van der Waals surface area (Å²) < 4.78 is 5.76. The van der Waals surface area contributed by atoms with Crippen molar-refractivity contribution in [2.45, 2.75) is 0 Å². The van der Waals surface area contributed by atoms with E-state index in [9.17, 15) is 0 Å². The minimum absolute atomic E-state index is 0.470. The monoisotopic (exact) mass is 283 g/mol. The van der Waals surface area contributed by atoms with E-state index in [1.807, 2.05) is 60.7 Å². The molecule has 0 bridgehead atoms. The molecule has 1 aromatic heterocycles. The predicted octanol–water partition coefficient (Wildman–Crippen LogP) is 4.52. The van der Waals surface area contributed by atoms with E-state index in [2.05, 4.69) is 0 Å². The van der Waals surface area contributed by atoms with Crippen molar-refractivity contribution in [2.75, 3.05) is 12.5 Å². The lowest BCUT2D eigenvalue weighted by Crippen LogP contribution is -2.00. The van der Waals surface area contributed by atoms with Crippen LogP contribution in [0.4, 0.5) is 0 Å². The fraction of sp³-hybridized carbons (Fsp3) is 0.118. The summed E-state index contributed by atoms with van der Waals surface area (Å²) in [4.78, 5) is 4.70. The molecule has 20 heavy (non-hydrogen) atoms. The number of halogens is 1. The highest BCUT2D eigenvalue weighted by atomic mass is 35.5. The molecule has 0 atom stereocenters. The van der Waals surface area contributed by atoms with Gasteiger partial charge in [-0.15, -0.1) is 11.6 Å². The predicted molar refractivity (Wildman–Crippen MR) is 83.4 cm³/mol. The van der Waals surface area contributed by atoms with Gasteiger partial charge in [0.25, 0.3) is 0 Å². The molecule has 0 amide bonds. The third-order valence-corrected chi connectivity index (χ3v) is 3.24. The molecule has 0 saturated carbocycles. The van der Waals surface area contributed by atoms with Crippen molar-refractivity contribution in [2.24, 2.45) is 0 Å². The maximum absolute atomic E-state index is 5.76. The molecule has 0 saturated heterocycles. The number of benzene rings is 2. The zero-order chi connectivity index (χ0) is 13.8. The van der Waals surface area contributed by atoms with Gasteiger partial charge in [0.1, 0.15) is 12.4 Å². The molecule has 0 N–H and O–H groups in total. The summed E-state index contributed by atoms with van der Waals surface area (Å²) in [6, 6.07) is 20.0. The number of fused-ring (bicyclic) bond motifs is 1. The zero-order valence-corrected chi connectivity index (χ0v) is 11.7. The second-order valence-corrected chi connectivity index (χ2v) is 4.80. The molecule has 3 heteroatoms. The number of hydrogen-bond acceptors (Lipinski definition) is 2. The standard InChI is InChI=1S/C17H14ClNO/c18-10-11-20-17-12-16(13-6-2-1-3-7-13)19-15-9-5-4-8-14(15)17/h1-9,12H,10-11H2. The van der Waals surface area contributed by atoms with E-state index in [0.29, 0.717) is 12.5 Å². The fourth-order valence-electron chi connectivity index (χ4n) is 2.17. The number of para-hydroxylation sites is 1. The van der Waals surface area contributed by atoms with Crippen molar-refractivity contribution in [3.05, 3.63) is 60.7 Å². The molecular weight excluding hydrogens is 270 g/mol. The van der Waals surface area contributed by atoms with Gasteiger partial charge in [-0.1, -0.05) is 42.5 Å². The van der Waals surface area contributed by atoms with E-state index in [-0.39, 0.29) is 0 Å². The van der Waals surface area contributed by atoms with Crippen LogP contribution < -0.4 is 4.74 Å². The summed E-state index contributed by atoms with van der Waals surface area (Å²) in [6.07, 6.45) is 0. The number of aromatic nitrogens is 1. The molecule has 0 unspecified atom stereocenters. The number of alkyl halides is 1. The van der Waals surface area contributed by atoms with Gasteiger partial charge in [0.2, 0.25) is 0 Å². The van der Waals surface area contributed by atoms with Gasteiger partial charge in [0.15, 0.2) is 0 Å². The molecule has 2 aromatic carbocycles. The van der Waals surface area contributed by atoms with Gasteiger partial charge >= 0.3 is 0 Å². The summed E-state index contributed by atoms with van der Waals surface area (Å²) in [5.74, 6) is 1.30. The molecular formula is C17H14ClNO. The highest BCUT2D eigenvalue weighted by Gasteiger charge is 2.08. The average molecular weight is 284 g/mol. The normalized spacial score (nSPS) is 10.7. The van der Waals surface area contributed by atoms with E-state index in [1.165, 1.54) is 0 Å². The smallest absolute Gasteiger partial charge is 0.130 e. The van der Waals surface area contributed by atoms with Crippen LogP contribution in [0.5, 0.6) is 5.75 Å². The number of hydrogen-bond donors (Lipinski definition) is 0. The van der Waals surface area contributed by atoms with Crippen LogP contribution in [-0.2, 0) is 0 Å². The number of nitrogens with zero attached hydrogens (tertiary/aromatic N) is 1. The minimum atomic E-state index is 0.470. The Labute approximate surface area is 123 Å². The van der Waals surface area contributed by atoms with Gasteiger partial charge in [-0.25, -0.2) is 4.98 Å². The molecule has 0 spiro atoms. The molecule has 100 valence electrons. The SMILES string of the molecule is ClCCOc1cc(-c2ccccc2)nc2ccccc12. The van der Waals surface area contributed by atoms with Gasteiger partial charge in [-0.3, -0.25) is 0 Å². The first-order chi connectivity index (χ1) is 9.88. The Kier molecular flexibility index (Phi) is 3.84. The van der Waals surface area contributed by atoms with E-state index in [0.717, 1.165) is 27.9 Å². The van der Waals surface area contributed by atoms with Crippen LogP contribution in [0.1, 0.15) is 0 Å². The largest absolute Gasteiger partial charge is 0.492 e. The maximum Gasteiger partial charge on any atom is 0.130 e. The first-order valence-electron chi connectivity index (χ1n) is 6.52. The van der Waals surface area contributed by atoms with Crippen LogP contribution >= 0.6 is 11.6 Å². The van der Waals surface area contributed by atoms with Crippen molar-refractivity contribution in [3.8, 4) is 17.0 Å². The topological polar surface area (TPSA) is 22.1 Å². The quantitative estimate of drug-likeness (QED) is 0.657. The average Bonchev–Trinajstić information content (AvgIpc) is 2.53. The Morgan fingerprint density at radius 2 is 1.70 bits per heavy atom. The van der Waals surface area contributed by atoms with Crippen molar-refractivity contribution in [1.29, 1.82) is 0 Å². The zero-order valence-electron chi connectivity index (χ0n) is 10.9. The van der Waals surface area contributed by atoms with E-state index in [1.54, 1.807) is 0 Å². The lowest BCUT2D eigenvalue weighted by Gasteiger charge is -2.10. The summed E-state index contributed by atoms with van der Waals surface area (Å²) in [5.41, 5.74) is 2.92.